The van der Waals surface area contributed by atoms with E-state index in [1.807, 2.05) is 0 Å². The molecule has 2 heterocycles. The van der Waals surface area contributed by atoms with Crippen molar-refractivity contribution < 1.29 is 17.6 Å². The second-order valence-electron chi connectivity index (χ2n) is 7.72. The molecular weight excluding hydrogens is 426 g/mol. The Morgan fingerprint density at radius 2 is 1.90 bits per heavy atom. The standard InChI is InChI=1S/C21H20ClN3O4S/c22-17-7-6-15(30(27,28)25-9-1-2-10-25)12-16(17)20(26)23-14-5-8-19-18(11-14)24-21(29-19)13-3-4-13/h5-8,11-13H,1-4,9-10H2,(H,23,26). The molecule has 1 aliphatic carbocycles. The van der Waals surface area contributed by atoms with Crippen molar-refractivity contribution in [2.24, 2.45) is 0 Å². The molecular formula is C21H20ClN3O4S. The molecule has 1 aliphatic heterocycles. The number of hydrogen-bond acceptors (Lipinski definition) is 5. The van der Waals surface area contributed by atoms with Crippen LogP contribution in [-0.2, 0) is 10.0 Å². The van der Waals surface area contributed by atoms with E-state index in [9.17, 15) is 13.2 Å². The average Bonchev–Trinajstić information content (AvgIpc) is 3.25. The number of hydrogen-bond donors (Lipinski definition) is 1. The van der Waals surface area contributed by atoms with Crippen molar-refractivity contribution in [1.29, 1.82) is 0 Å². The van der Waals surface area contributed by atoms with Gasteiger partial charge in [-0.25, -0.2) is 13.4 Å². The van der Waals surface area contributed by atoms with Crippen LogP contribution >= 0.6 is 11.6 Å². The van der Waals surface area contributed by atoms with E-state index >= 15 is 0 Å². The van der Waals surface area contributed by atoms with Crippen LogP contribution in [0.25, 0.3) is 11.1 Å². The molecule has 1 N–H and O–H groups in total. The first-order valence-electron chi connectivity index (χ1n) is 9.93. The van der Waals surface area contributed by atoms with Crippen LogP contribution in [0.3, 0.4) is 0 Å². The zero-order valence-corrected chi connectivity index (χ0v) is 17.7. The topological polar surface area (TPSA) is 92.5 Å². The Labute approximate surface area is 179 Å². The second-order valence-corrected chi connectivity index (χ2v) is 10.1. The van der Waals surface area contributed by atoms with Gasteiger partial charge in [-0.05, 0) is 62.1 Å². The number of sulfonamides is 1. The highest BCUT2D eigenvalue weighted by atomic mass is 35.5. The van der Waals surface area contributed by atoms with Crippen LogP contribution in [0.4, 0.5) is 5.69 Å². The highest BCUT2D eigenvalue weighted by Crippen LogP contribution is 2.40. The molecule has 3 aromatic rings. The molecule has 9 heteroatoms. The third kappa shape index (κ3) is 3.59. The van der Waals surface area contributed by atoms with Gasteiger partial charge in [0.15, 0.2) is 11.5 Å². The second kappa shape index (κ2) is 7.37. The van der Waals surface area contributed by atoms with E-state index in [-0.39, 0.29) is 15.5 Å². The molecule has 0 radical (unpaired) electrons. The predicted octanol–water partition coefficient (Wildman–Crippen LogP) is 4.40. The minimum absolute atomic E-state index is 0.0694. The van der Waals surface area contributed by atoms with Crippen LogP contribution in [-0.4, -0.2) is 36.7 Å². The molecule has 2 fully saturated rings. The number of amides is 1. The smallest absolute Gasteiger partial charge is 0.257 e. The van der Waals surface area contributed by atoms with E-state index in [0.29, 0.717) is 35.8 Å². The Balaban J connectivity index is 1.41. The van der Waals surface area contributed by atoms with E-state index in [1.54, 1.807) is 18.2 Å². The molecule has 2 aromatic carbocycles. The minimum Gasteiger partial charge on any atom is -0.440 e. The third-order valence-electron chi connectivity index (χ3n) is 5.47. The van der Waals surface area contributed by atoms with Gasteiger partial charge in [0.25, 0.3) is 5.91 Å². The first-order valence-corrected chi connectivity index (χ1v) is 11.8. The molecule has 1 amide bonds. The third-order valence-corrected chi connectivity index (χ3v) is 7.70. The molecule has 1 saturated heterocycles. The maximum absolute atomic E-state index is 12.8. The fourth-order valence-electron chi connectivity index (χ4n) is 3.64. The SMILES string of the molecule is O=C(Nc1ccc2oc(C3CC3)nc2c1)c1cc(S(=O)(=O)N2CCCC2)ccc1Cl. The lowest BCUT2D eigenvalue weighted by atomic mass is 10.2. The summed E-state index contributed by atoms with van der Waals surface area (Å²) in [7, 11) is -3.64. The number of carbonyl (C=O) groups excluding carboxylic acids is 1. The number of benzene rings is 2. The van der Waals surface area contributed by atoms with Crippen molar-refractivity contribution in [2.75, 3.05) is 18.4 Å². The summed E-state index contributed by atoms with van der Waals surface area (Å²) in [5, 5.41) is 2.97. The van der Waals surface area contributed by atoms with Crippen LogP contribution in [0.15, 0.2) is 45.7 Å². The van der Waals surface area contributed by atoms with Crippen LogP contribution in [0.1, 0.15) is 47.8 Å². The van der Waals surface area contributed by atoms with Crippen LogP contribution < -0.4 is 5.32 Å². The zero-order chi connectivity index (χ0) is 20.9. The Bertz CT molecular complexity index is 1240. The van der Waals surface area contributed by atoms with Crippen molar-refractivity contribution in [2.45, 2.75) is 36.5 Å². The number of anilines is 1. The monoisotopic (exact) mass is 445 g/mol. The van der Waals surface area contributed by atoms with E-state index in [1.165, 1.54) is 22.5 Å². The number of carbonyl (C=O) groups is 1. The Morgan fingerprint density at radius 3 is 2.63 bits per heavy atom. The van der Waals surface area contributed by atoms with Gasteiger partial charge in [-0.3, -0.25) is 4.79 Å². The van der Waals surface area contributed by atoms with Gasteiger partial charge in [0.1, 0.15) is 5.52 Å². The largest absolute Gasteiger partial charge is 0.440 e. The highest BCUT2D eigenvalue weighted by molar-refractivity contribution is 7.89. The molecule has 156 valence electrons. The van der Waals surface area contributed by atoms with Crippen LogP contribution in [0, 0.1) is 0 Å². The van der Waals surface area contributed by atoms with Crippen molar-refractivity contribution in [3.63, 3.8) is 0 Å². The zero-order valence-electron chi connectivity index (χ0n) is 16.1. The first-order chi connectivity index (χ1) is 14.4. The van der Waals surface area contributed by atoms with E-state index < -0.39 is 15.9 Å². The maximum Gasteiger partial charge on any atom is 0.257 e. The molecule has 5 rings (SSSR count). The Kier molecular flexibility index (Phi) is 4.80. The van der Waals surface area contributed by atoms with E-state index in [2.05, 4.69) is 10.3 Å². The first kappa shape index (κ1) is 19.5. The molecule has 0 bridgehead atoms. The normalized spacial score (nSPS) is 17.5. The Morgan fingerprint density at radius 1 is 1.13 bits per heavy atom. The number of rotatable bonds is 5. The lowest BCUT2D eigenvalue weighted by Crippen LogP contribution is -2.28. The summed E-state index contributed by atoms with van der Waals surface area (Å²) in [6.07, 6.45) is 3.86. The number of nitrogens with one attached hydrogen (secondary N) is 1. The Hall–Kier alpha value is -2.42. The minimum atomic E-state index is -3.64. The highest BCUT2D eigenvalue weighted by Gasteiger charge is 2.29. The van der Waals surface area contributed by atoms with Gasteiger partial charge in [0, 0.05) is 24.7 Å². The number of fused-ring (bicyclic) bond motifs is 1. The van der Waals surface area contributed by atoms with Crippen molar-refractivity contribution in [3.8, 4) is 0 Å². The van der Waals surface area contributed by atoms with Gasteiger partial charge in [-0.2, -0.15) is 4.31 Å². The summed E-state index contributed by atoms with van der Waals surface area (Å²) in [4.78, 5) is 17.4. The molecule has 30 heavy (non-hydrogen) atoms. The van der Waals surface area contributed by atoms with E-state index in [0.717, 1.165) is 31.6 Å². The van der Waals surface area contributed by atoms with Crippen molar-refractivity contribution in [1.82, 2.24) is 9.29 Å². The molecule has 0 unspecified atom stereocenters. The predicted molar refractivity (Wildman–Crippen MR) is 113 cm³/mol. The lowest BCUT2D eigenvalue weighted by Gasteiger charge is -2.16. The molecule has 2 aliphatic rings. The summed E-state index contributed by atoms with van der Waals surface area (Å²) in [5.41, 5.74) is 1.99. The van der Waals surface area contributed by atoms with E-state index in [4.69, 9.17) is 16.0 Å². The van der Waals surface area contributed by atoms with Crippen molar-refractivity contribution >= 4 is 44.3 Å². The van der Waals surface area contributed by atoms with Crippen LogP contribution in [0.2, 0.25) is 5.02 Å². The summed E-state index contributed by atoms with van der Waals surface area (Å²) in [6, 6.07) is 9.45. The van der Waals surface area contributed by atoms with Gasteiger partial charge in [-0.15, -0.1) is 0 Å². The van der Waals surface area contributed by atoms with Crippen molar-refractivity contribution in [3.05, 3.63) is 52.9 Å². The quantitative estimate of drug-likeness (QED) is 0.628. The number of nitrogens with zero attached hydrogens (tertiary/aromatic N) is 2. The van der Waals surface area contributed by atoms with Gasteiger partial charge in [-0.1, -0.05) is 11.6 Å². The van der Waals surface area contributed by atoms with Gasteiger partial charge < -0.3 is 9.73 Å². The molecule has 7 nitrogen and oxygen atoms in total. The van der Waals surface area contributed by atoms with Gasteiger partial charge >= 0.3 is 0 Å². The number of oxazole rings is 1. The van der Waals surface area contributed by atoms with Gasteiger partial charge in [0.2, 0.25) is 10.0 Å². The summed E-state index contributed by atoms with van der Waals surface area (Å²) >= 11 is 6.21. The average molecular weight is 446 g/mol. The maximum atomic E-state index is 12.8. The lowest BCUT2D eigenvalue weighted by molar-refractivity contribution is 0.102. The molecule has 0 spiro atoms. The fourth-order valence-corrected chi connectivity index (χ4v) is 5.39. The fraction of sp³-hybridized carbons (Fsp3) is 0.333. The van der Waals surface area contributed by atoms with Crippen LogP contribution in [0.5, 0.6) is 0 Å². The molecule has 1 aromatic heterocycles. The summed E-state index contributed by atoms with van der Waals surface area (Å²) in [5.74, 6) is 0.648. The number of halogens is 1. The summed E-state index contributed by atoms with van der Waals surface area (Å²) < 4.78 is 32.8. The summed E-state index contributed by atoms with van der Waals surface area (Å²) in [6.45, 7) is 0.986. The van der Waals surface area contributed by atoms with Gasteiger partial charge in [0.05, 0.1) is 15.5 Å². The molecule has 1 saturated carbocycles. The number of aromatic nitrogens is 1. The molecule has 0 atom stereocenters.